The Bertz CT molecular complexity index is 642. The molecule has 1 aliphatic carbocycles. The number of hydrogen-bond acceptors (Lipinski definition) is 2. The van der Waals surface area contributed by atoms with Crippen molar-refractivity contribution in [3.05, 3.63) is 51.0 Å². The summed E-state index contributed by atoms with van der Waals surface area (Å²) in [7, 11) is 0. The van der Waals surface area contributed by atoms with Gasteiger partial charge in [0.05, 0.1) is 11.7 Å². The minimum atomic E-state index is -1.17. The molecule has 5 heteroatoms. The largest absolute Gasteiger partial charge is 0.375 e. The summed E-state index contributed by atoms with van der Waals surface area (Å²) in [5.74, 6) is -2.99. The number of rotatable bonds is 3. The van der Waals surface area contributed by atoms with Crippen LogP contribution in [0.2, 0.25) is 0 Å². The van der Waals surface area contributed by atoms with Crippen LogP contribution in [0.5, 0.6) is 0 Å². The molecule has 21 heavy (non-hydrogen) atoms. The molecule has 1 heterocycles. The summed E-state index contributed by atoms with van der Waals surface area (Å²) in [5, 5.41) is 2.87. The maximum absolute atomic E-state index is 13.7. The molecule has 1 unspecified atom stereocenters. The summed E-state index contributed by atoms with van der Waals surface area (Å²) in [4.78, 5) is 2.46. The second kappa shape index (κ2) is 5.72. The number of anilines is 1. The van der Waals surface area contributed by atoms with Gasteiger partial charge in [-0.25, -0.2) is 13.2 Å². The maximum atomic E-state index is 13.7. The molecule has 0 radical (unpaired) electrons. The molecule has 1 aliphatic rings. The fourth-order valence-electron chi connectivity index (χ4n) is 2.69. The molecular formula is C16H16F3NS. The summed E-state index contributed by atoms with van der Waals surface area (Å²) in [6, 6.07) is 3.48. The van der Waals surface area contributed by atoms with Gasteiger partial charge < -0.3 is 5.32 Å². The molecule has 0 spiro atoms. The van der Waals surface area contributed by atoms with Crippen LogP contribution < -0.4 is 5.32 Å². The summed E-state index contributed by atoms with van der Waals surface area (Å²) < 4.78 is 40.1. The number of nitrogens with one attached hydrogen (secondary N) is 1. The van der Waals surface area contributed by atoms with Gasteiger partial charge in [-0.2, -0.15) is 0 Å². The van der Waals surface area contributed by atoms with Crippen LogP contribution >= 0.6 is 11.3 Å². The van der Waals surface area contributed by atoms with E-state index in [4.69, 9.17) is 0 Å². The first-order valence-corrected chi connectivity index (χ1v) is 7.89. The lowest BCUT2D eigenvalue weighted by Crippen LogP contribution is -2.08. The highest BCUT2D eigenvalue weighted by atomic mass is 32.1. The molecule has 2 aromatic rings. The Hall–Kier alpha value is -1.49. The smallest absolute Gasteiger partial charge is 0.182 e. The van der Waals surface area contributed by atoms with Crippen molar-refractivity contribution in [1.29, 1.82) is 0 Å². The van der Waals surface area contributed by atoms with E-state index in [2.05, 4.69) is 11.4 Å². The third-order valence-corrected chi connectivity index (χ3v) is 5.23. The van der Waals surface area contributed by atoms with Gasteiger partial charge in [-0.05, 0) is 44.2 Å². The van der Waals surface area contributed by atoms with Crippen molar-refractivity contribution in [2.45, 2.75) is 38.6 Å². The van der Waals surface area contributed by atoms with Crippen molar-refractivity contribution in [3.8, 4) is 0 Å². The molecule has 112 valence electrons. The van der Waals surface area contributed by atoms with Crippen LogP contribution in [0.25, 0.3) is 0 Å². The van der Waals surface area contributed by atoms with Crippen LogP contribution in [0, 0.1) is 17.5 Å². The quantitative estimate of drug-likeness (QED) is 0.767. The van der Waals surface area contributed by atoms with Crippen LogP contribution in [0.1, 0.15) is 41.1 Å². The Balaban J connectivity index is 1.83. The van der Waals surface area contributed by atoms with E-state index in [0.29, 0.717) is 6.07 Å². The lowest BCUT2D eigenvalue weighted by atomic mass is 9.99. The van der Waals surface area contributed by atoms with E-state index in [1.807, 2.05) is 6.92 Å². The molecular weight excluding hydrogens is 295 g/mol. The van der Waals surface area contributed by atoms with Crippen LogP contribution in [-0.4, -0.2) is 0 Å². The van der Waals surface area contributed by atoms with Crippen molar-refractivity contribution in [2.24, 2.45) is 0 Å². The number of hydrogen-bond donors (Lipinski definition) is 1. The average Bonchev–Trinajstić information content (AvgIpc) is 2.88. The van der Waals surface area contributed by atoms with E-state index in [-0.39, 0.29) is 11.7 Å². The molecule has 0 saturated heterocycles. The standard InChI is InChI=1S/C16H16F3NS/c1-9(15-6-10-4-2-3-5-14(10)21-15)20-13-8-11(17)7-12(18)16(13)19/h6-9,20H,2-5H2,1H3. The first kappa shape index (κ1) is 14.4. The zero-order valence-corrected chi connectivity index (χ0v) is 12.5. The van der Waals surface area contributed by atoms with Crippen molar-refractivity contribution in [1.82, 2.24) is 0 Å². The van der Waals surface area contributed by atoms with Crippen LogP contribution in [-0.2, 0) is 12.8 Å². The van der Waals surface area contributed by atoms with E-state index in [0.717, 1.165) is 23.8 Å². The Morgan fingerprint density at radius 1 is 1.10 bits per heavy atom. The molecule has 3 rings (SSSR count). The molecule has 1 atom stereocenters. The fourth-order valence-corrected chi connectivity index (χ4v) is 3.95. The summed E-state index contributed by atoms with van der Waals surface area (Å²) in [5.41, 5.74) is 1.23. The Kier molecular flexibility index (Phi) is 3.93. The van der Waals surface area contributed by atoms with Gasteiger partial charge >= 0.3 is 0 Å². The van der Waals surface area contributed by atoms with Crippen molar-refractivity contribution < 1.29 is 13.2 Å². The van der Waals surface area contributed by atoms with Crippen molar-refractivity contribution in [2.75, 3.05) is 5.32 Å². The number of thiophene rings is 1. The van der Waals surface area contributed by atoms with Crippen LogP contribution in [0.15, 0.2) is 18.2 Å². The van der Waals surface area contributed by atoms with E-state index < -0.39 is 17.5 Å². The highest BCUT2D eigenvalue weighted by Gasteiger charge is 2.18. The Morgan fingerprint density at radius 2 is 1.86 bits per heavy atom. The first-order chi connectivity index (χ1) is 10.0. The maximum Gasteiger partial charge on any atom is 0.182 e. The van der Waals surface area contributed by atoms with Gasteiger partial charge in [0.1, 0.15) is 5.82 Å². The fraction of sp³-hybridized carbons (Fsp3) is 0.375. The van der Waals surface area contributed by atoms with E-state index >= 15 is 0 Å². The summed E-state index contributed by atoms with van der Waals surface area (Å²) in [6.07, 6.45) is 4.59. The monoisotopic (exact) mass is 311 g/mol. The van der Waals surface area contributed by atoms with Gasteiger partial charge in [0.15, 0.2) is 11.6 Å². The average molecular weight is 311 g/mol. The van der Waals surface area contributed by atoms with E-state index in [9.17, 15) is 13.2 Å². The van der Waals surface area contributed by atoms with Gasteiger partial charge in [0.25, 0.3) is 0 Å². The normalized spacial score (nSPS) is 15.6. The molecule has 0 bridgehead atoms. The predicted molar refractivity (Wildman–Crippen MR) is 79.3 cm³/mol. The number of halogens is 3. The molecule has 0 aliphatic heterocycles. The molecule has 1 nitrogen and oxygen atoms in total. The van der Waals surface area contributed by atoms with Gasteiger partial charge in [-0.1, -0.05) is 0 Å². The highest BCUT2D eigenvalue weighted by Crippen LogP contribution is 2.34. The molecule has 0 fully saturated rings. The Morgan fingerprint density at radius 3 is 2.62 bits per heavy atom. The molecule has 1 N–H and O–H groups in total. The SMILES string of the molecule is CC(Nc1cc(F)cc(F)c1F)c1cc2c(s1)CCCC2. The molecule has 1 aromatic carbocycles. The molecule has 0 amide bonds. The third kappa shape index (κ3) is 2.93. The minimum absolute atomic E-state index is 0.133. The number of aryl methyl sites for hydroxylation is 2. The van der Waals surface area contributed by atoms with Crippen molar-refractivity contribution >= 4 is 17.0 Å². The lowest BCUT2D eigenvalue weighted by molar-refractivity contribution is 0.496. The second-order valence-electron chi connectivity index (χ2n) is 5.42. The highest BCUT2D eigenvalue weighted by molar-refractivity contribution is 7.12. The summed E-state index contributed by atoms with van der Waals surface area (Å²) >= 11 is 1.70. The topological polar surface area (TPSA) is 12.0 Å². The van der Waals surface area contributed by atoms with Gasteiger partial charge in [-0.15, -0.1) is 11.3 Å². The summed E-state index contributed by atoms with van der Waals surface area (Å²) in [6.45, 7) is 1.87. The van der Waals surface area contributed by atoms with E-state index in [1.165, 1.54) is 23.3 Å². The minimum Gasteiger partial charge on any atom is -0.375 e. The predicted octanol–water partition coefficient (Wildman–Crippen LogP) is 5.22. The zero-order chi connectivity index (χ0) is 15.0. The van der Waals surface area contributed by atoms with Crippen LogP contribution in [0.4, 0.5) is 18.9 Å². The first-order valence-electron chi connectivity index (χ1n) is 7.07. The lowest BCUT2D eigenvalue weighted by Gasteiger charge is -2.14. The second-order valence-corrected chi connectivity index (χ2v) is 6.59. The van der Waals surface area contributed by atoms with Crippen LogP contribution in [0.3, 0.4) is 0 Å². The number of benzene rings is 1. The van der Waals surface area contributed by atoms with Gasteiger partial charge in [0, 0.05) is 21.9 Å². The van der Waals surface area contributed by atoms with E-state index in [1.54, 1.807) is 11.3 Å². The Labute approximate surface area is 125 Å². The van der Waals surface area contributed by atoms with Gasteiger partial charge in [0.2, 0.25) is 0 Å². The molecule has 1 aromatic heterocycles. The van der Waals surface area contributed by atoms with Crippen molar-refractivity contribution in [3.63, 3.8) is 0 Å². The third-order valence-electron chi connectivity index (χ3n) is 3.81. The zero-order valence-electron chi connectivity index (χ0n) is 11.7. The number of fused-ring (bicyclic) bond motifs is 1. The molecule has 0 saturated carbocycles. The van der Waals surface area contributed by atoms with Gasteiger partial charge in [-0.3, -0.25) is 0 Å².